The van der Waals surface area contributed by atoms with E-state index < -0.39 is 29.7 Å². The van der Waals surface area contributed by atoms with Crippen molar-refractivity contribution in [3.8, 4) is 0 Å². The molecule has 8 heteroatoms. The maximum atomic E-state index is 12.9. The molecule has 0 aliphatic carbocycles. The lowest BCUT2D eigenvalue weighted by molar-refractivity contribution is -0.136. The van der Waals surface area contributed by atoms with E-state index >= 15 is 0 Å². The van der Waals surface area contributed by atoms with Gasteiger partial charge in [0.2, 0.25) is 11.8 Å². The van der Waals surface area contributed by atoms with Crippen LogP contribution in [0.1, 0.15) is 44.7 Å². The van der Waals surface area contributed by atoms with Crippen LogP contribution < -0.4 is 16.4 Å². The van der Waals surface area contributed by atoms with Crippen LogP contribution in [-0.4, -0.2) is 41.1 Å². The second kappa shape index (κ2) is 8.08. The number of imide groups is 2. The van der Waals surface area contributed by atoms with Gasteiger partial charge >= 0.3 is 0 Å². The second-order valence-corrected chi connectivity index (χ2v) is 7.42. The van der Waals surface area contributed by atoms with Crippen LogP contribution in [0.5, 0.6) is 0 Å². The van der Waals surface area contributed by atoms with E-state index in [4.69, 9.17) is 5.73 Å². The van der Waals surface area contributed by atoms with Crippen molar-refractivity contribution in [2.24, 2.45) is 5.73 Å². The van der Waals surface area contributed by atoms with E-state index in [2.05, 4.69) is 10.6 Å². The highest BCUT2D eigenvalue weighted by atomic mass is 16.2. The van der Waals surface area contributed by atoms with Crippen LogP contribution in [0.4, 0.5) is 5.69 Å². The van der Waals surface area contributed by atoms with Crippen LogP contribution in [0.25, 0.3) is 0 Å². The van der Waals surface area contributed by atoms with Crippen LogP contribution in [-0.2, 0) is 22.6 Å². The SMILES string of the molecule is NCCc1ccc(NCc2ccc3c(c2)C(=O)N(C2CCC(=O)NC2=O)C3=O)cc1. The van der Waals surface area contributed by atoms with Crippen LogP contribution in [0.3, 0.4) is 0 Å². The highest BCUT2D eigenvalue weighted by molar-refractivity contribution is 6.23. The molecule has 2 aliphatic heterocycles. The average molecular weight is 406 g/mol. The van der Waals surface area contributed by atoms with E-state index in [0.29, 0.717) is 13.1 Å². The summed E-state index contributed by atoms with van der Waals surface area (Å²) >= 11 is 0. The molecule has 4 rings (SSSR count). The second-order valence-electron chi connectivity index (χ2n) is 7.42. The van der Waals surface area contributed by atoms with E-state index in [1.807, 2.05) is 24.3 Å². The Kier molecular flexibility index (Phi) is 5.33. The molecular weight excluding hydrogens is 384 g/mol. The minimum Gasteiger partial charge on any atom is -0.381 e. The van der Waals surface area contributed by atoms with Gasteiger partial charge in [-0.2, -0.15) is 0 Å². The van der Waals surface area contributed by atoms with E-state index in [9.17, 15) is 19.2 Å². The molecule has 2 aromatic carbocycles. The Morgan fingerprint density at radius 2 is 1.67 bits per heavy atom. The molecule has 4 amide bonds. The number of carbonyl (C=O) groups is 4. The number of benzene rings is 2. The molecule has 0 aromatic heterocycles. The van der Waals surface area contributed by atoms with Crippen molar-refractivity contribution in [3.05, 3.63) is 64.7 Å². The Morgan fingerprint density at radius 3 is 2.37 bits per heavy atom. The number of hydrogen-bond donors (Lipinski definition) is 3. The summed E-state index contributed by atoms with van der Waals surface area (Å²) in [7, 11) is 0. The topological polar surface area (TPSA) is 122 Å². The lowest BCUT2D eigenvalue weighted by atomic mass is 10.0. The monoisotopic (exact) mass is 406 g/mol. The fourth-order valence-corrected chi connectivity index (χ4v) is 3.79. The first kappa shape index (κ1) is 19.8. The smallest absolute Gasteiger partial charge is 0.262 e. The number of fused-ring (bicyclic) bond motifs is 1. The van der Waals surface area contributed by atoms with Crippen LogP contribution >= 0.6 is 0 Å². The van der Waals surface area contributed by atoms with Gasteiger partial charge in [0.25, 0.3) is 11.8 Å². The zero-order valence-electron chi connectivity index (χ0n) is 16.3. The van der Waals surface area contributed by atoms with Crippen molar-refractivity contribution >= 4 is 29.3 Å². The molecule has 1 fully saturated rings. The van der Waals surface area contributed by atoms with Crippen LogP contribution in [0, 0.1) is 0 Å². The number of nitrogens with two attached hydrogens (primary N) is 1. The van der Waals surface area contributed by atoms with Gasteiger partial charge in [-0.05, 0) is 54.8 Å². The predicted molar refractivity (Wildman–Crippen MR) is 110 cm³/mol. The Bertz CT molecular complexity index is 1030. The third-order valence-electron chi connectivity index (χ3n) is 5.39. The summed E-state index contributed by atoms with van der Waals surface area (Å²) < 4.78 is 0. The number of nitrogens with one attached hydrogen (secondary N) is 2. The third kappa shape index (κ3) is 3.69. The van der Waals surface area contributed by atoms with Crippen molar-refractivity contribution in [3.63, 3.8) is 0 Å². The third-order valence-corrected chi connectivity index (χ3v) is 5.39. The summed E-state index contributed by atoms with van der Waals surface area (Å²) in [5, 5.41) is 5.49. The summed E-state index contributed by atoms with van der Waals surface area (Å²) in [6, 6.07) is 12.1. The van der Waals surface area contributed by atoms with Gasteiger partial charge in [0.05, 0.1) is 11.1 Å². The van der Waals surface area contributed by atoms with Crippen molar-refractivity contribution in [1.29, 1.82) is 0 Å². The number of carbonyl (C=O) groups excluding carboxylic acids is 4. The zero-order valence-corrected chi connectivity index (χ0v) is 16.3. The zero-order chi connectivity index (χ0) is 21.3. The first-order valence-electron chi connectivity index (χ1n) is 9.85. The summed E-state index contributed by atoms with van der Waals surface area (Å²) in [5.41, 5.74) is 9.06. The molecule has 1 atom stereocenters. The number of anilines is 1. The largest absolute Gasteiger partial charge is 0.381 e. The van der Waals surface area contributed by atoms with E-state index in [1.54, 1.807) is 18.2 Å². The predicted octanol–water partition coefficient (Wildman–Crippen LogP) is 1.20. The fraction of sp³-hybridized carbons (Fsp3) is 0.273. The Hall–Kier alpha value is -3.52. The first-order chi connectivity index (χ1) is 14.5. The first-order valence-corrected chi connectivity index (χ1v) is 9.85. The van der Waals surface area contributed by atoms with Crippen LogP contribution in [0.15, 0.2) is 42.5 Å². The molecule has 1 saturated heterocycles. The van der Waals surface area contributed by atoms with Crippen LogP contribution in [0.2, 0.25) is 0 Å². The molecule has 0 saturated carbocycles. The van der Waals surface area contributed by atoms with E-state index in [1.165, 1.54) is 5.56 Å². The molecule has 154 valence electrons. The molecule has 30 heavy (non-hydrogen) atoms. The molecule has 0 bridgehead atoms. The minimum atomic E-state index is -0.955. The Labute approximate surface area is 173 Å². The van der Waals surface area contributed by atoms with Gasteiger partial charge < -0.3 is 11.1 Å². The van der Waals surface area contributed by atoms with Gasteiger partial charge in [-0.1, -0.05) is 18.2 Å². The van der Waals surface area contributed by atoms with Gasteiger partial charge in [-0.3, -0.25) is 29.4 Å². The van der Waals surface area contributed by atoms with E-state index in [-0.39, 0.29) is 24.0 Å². The van der Waals surface area contributed by atoms with Crippen molar-refractivity contribution in [2.45, 2.75) is 31.8 Å². The lowest BCUT2D eigenvalue weighted by Gasteiger charge is -2.27. The molecular formula is C22H22N4O4. The fourth-order valence-electron chi connectivity index (χ4n) is 3.79. The summed E-state index contributed by atoms with van der Waals surface area (Å²) in [6.45, 7) is 1.08. The normalized spacial score (nSPS) is 18.4. The molecule has 2 heterocycles. The quantitative estimate of drug-likeness (QED) is 0.620. The summed E-state index contributed by atoms with van der Waals surface area (Å²) in [5.74, 6) is -2.00. The molecule has 2 aromatic rings. The summed E-state index contributed by atoms with van der Waals surface area (Å²) in [4.78, 5) is 50.1. The Balaban J connectivity index is 1.48. The van der Waals surface area contributed by atoms with Gasteiger partial charge in [0.1, 0.15) is 6.04 Å². The number of rotatable bonds is 6. The maximum absolute atomic E-state index is 12.9. The number of nitrogens with zero attached hydrogens (tertiary/aromatic N) is 1. The number of piperidine rings is 1. The lowest BCUT2D eigenvalue weighted by Crippen LogP contribution is -2.54. The molecule has 0 radical (unpaired) electrons. The van der Waals surface area contributed by atoms with E-state index in [0.717, 1.165) is 22.6 Å². The molecule has 2 aliphatic rings. The molecule has 1 unspecified atom stereocenters. The minimum absolute atomic E-state index is 0.100. The highest BCUT2D eigenvalue weighted by Gasteiger charge is 2.44. The maximum Gasteiger partial charge on any atom is 0.262 e. The number of amides is 4. The van der Waals surface area contributed by atoms with Gasteiger partial charge in [0, 0.05) is 18.7 Å². The highest BCUT2D eigenvalue weighted by Crippen LogP contribution is 2.28. The van der Waals surface area contributed by atoms with Gasteiger partial charge in [0.15, 0.2) is 0 Å². The molecule has 8 nitrogen and oxygen atoms in total. The summed E-state index contributed by atoms with van der Waals surface area (Å²) in [6.07, 6.45) is 1.07. The van der Waals surface area contributed by atoms with Gasteiger partial charge in [-0.15, -0.1) is 0 Å². The van der Waals surface area contributed by atoms with Crippen molar-refractivity contribution in [1.82, 2.24) is 10.2 Å². The van der Waals surface area contributed by atoms with Gasteiger partial charge in [-0.25, -0.2) is 0 Å². The molecule has 4 N–H and O–H groups in total. The number of hydrogen-bond acceptors (Lipinski definition) is 6. The van der Waals surface area contributed by atoms with Crippen molar-refractivity contribution < 1.29 is 19.2 Å². The Morgan fingerprint density at radius 1 is 0.967 bits per heavy atom. The van der Waals surface area contributed by atoms with Crippen molar-refractivity contribution in [2.75, 3.05) is 11.9 Å². The average Bonchev–Trinajstić information content (AvgIpc) is 2.98. The standard InChI is InChI=1S/C22H22N4O4/c23-10-9-13-1-4-15(5-2-13)24-12-14-3-6-16-17(11-14)22(30)26(21(16)29)18-7-8-19(27)25-20(18)28/h1-6,11,18,24H,7-10,12,23H2,(H,25,27,28). The molecule has 0 spiro atoms.